The molecule has 1 amide bonds. The summed E-state index contributed by atoms with van der Waals surface area (Å²) in [6.45, 7) is 9.95. The van der Waals surface area contributed by atoms with Gasteiger partial charge in [-0.05, 0) is 34.3 Å². The molecule has 1 N–H and O–H groups in total. The van der Waals surface area contributed by atoms with E-state index in [1.807, 2.05) is 37.3 Å². The molecule has 5 heteroatoms. The van der Waals surface area contributed by atoms with Gasteiger partial charge in [0, 0.05) is 12.6 Å². The maximum absolute atomic E-state index is 12.4. The molecule has 0 saturated carbocycles. The Bertz CT molecular complexity index is 1040. The highest BCUT2D eigenvalue weighted by Crippen LogP contribution is 2.37. The summed E-state index contributed by atoms with van der Waals surface area (Å²) in [7, 11) is -2.57. The molecule has 0 bridgehead atoms. The molecule has 3 aromatic carbocycles. The van der Waals surface area contributed by atoms with Gasteiger partial charge in [-0.15, -0.1) is 0 Å². The number of nitrogens with one attached hydrogen (secondary N) is 1. The van der Waals surface area contributed by atoms with Crippen molar-refractivity contribution in [2.45, 2.75) is 57.9 Å². The van der Waals surface area contributed by atoms with E-state index in [0.717, 1.165) is 12.0 Å². The number of hydrogen-bond acceptors (Lipinski definition) is 3. The van der Waals surface area contributed by atoms with Crippen molar-refractivity contribution in [3.8, 4) is 0 Å². The fourth-order valence-electron chi connectivity index (χ4n) is 5.25. The Morgan fingerprint density at radius 1 is 0.857 bits per heavy atom. The normalized spacial score (nSPS) is 19.0. The Labute approximate surface area is 210 Å². The largest absolute Gasteiger partial charge is 0.407 e. The summed E-state index contributed by atoms with van der Waals surface area (Å²) in [5.41, 5.74) is 1.12. The van der Waals surface area contributed by atoms with Crippen LogP contribution in [0.5, 0.6) is 0 Å². The molecule has 1 aliphatic rings. The third-order valence-electron chi connectivity index (χ3n) is 7.09. The predicted molar refractivity (Wildman–Crippen MR) is 144 cm³/mol. The summed E-state index contributed by atoms with van der Waals surface area (Å²) in [4.78, 5) is 12.4. The van der Waals surface area contributed by atoms with Crippen LogP contribution in [0.15, 0.2) is 91.0 Å². The average molecular weight is 488 g/mol. The van der Waals surface area contributed by atoms with Crippen molar-refractivity contribution in [3.63, 3.8) is 0 Å². The molecule has 0 aliphatic carbocycles. The number of ether oxygens (including phenoxy) is 1. The lowest BCUT2D eigenvalue weighted by Gasteiger charge is -2.44. The molecule has 0 spiro atoms. The molecular weight excluding hydrogens is 450 g/mol. The van der Waals surface area contributed by atoms with Crippen molar-refractivity contribution in [1.29, 1.82) is 0 Å². The molecule has 0 radical (unpaired) electrons. The number of rotatable bonds is 10. The molecule has 1 heterocycles. The van der Waals surface area contributed by atoms with Crippen LogP contribution in [0.1, 0.15) is 39.7 Å². The molecule has 35 heavy (non-hydrogen) atoms. The number of hydrogen-bond donors (Lipinski definition) is 1. The van der Waals surface area contributed by atoms with Crippen molar-refractivity contribution in [2.24, 2.45) is 5.92 Å². The minimum absolute atomic E-state index is 0.0616. The molecule has 4 nitrogen and oxygen atoms in total. The molecule has 1 aliphatic heterocycles. The van der Waals surface area contributed by atoms with Crippen molar-refractivity contribution >= 4 is 24.6 Å². The van der Waals surface area contributed by atoms with Gasteiger partial charge in [-0.3, -0.25) is 4.79 Å². The first-order valence-electron chi connectivity index (χ1n) is 12.5. The van der Waals surface area contributed by atoms with E-state index in [0.29, 0.717) is 13.2 Å². The van der Waals surface area contributed by atoms with Crippen LogP contribution >= 0.6 is 0 Å². The highest BCUT2D eigenvalue weighted by Gasteiger charge is 2.50. The first-order valence-corrected chi connectivity index (χ1v) is 14.4. The minimum Gasteiger partial charge on any atom is -0.407 e. The van der Waals surface area contributed by atoms with Crippen LogP contribution in [0.3, 0.4) is 0 Å². The van der Waals surface area contributed by atoms with Crippen molar-refractivity contribution < 1.29 is 14.0 Å². The SMILES string of the molecule is C[C@@H](OCc1ccccc1)[C@@H]1C(=O)N[C@@H]1CCO[Si](c1ccccc1)(c1ccccc1)C(C)(C)C. The molecular formula is C30H37NO3Si. The Morgan fingerprint density at radius 3 is 1.86 bits per heavy atom. The highest BCUT2D eigenvalue weighted by atomic mass is 28.4. The van der Waals surface area contributed by atoms with E-state index in [2.05, 4.69) is 86.8 Å². The van der Waals surface area contributed by atoms with Crippen LogP contribution in [0.25, 0.3) is 0 Å². The lowest BCUT2D eigenvalue weighted by Crippen LogP contribution is -2.67. The maximum Gasteiger partial charge on any atom is 0.261 e. The maximum atomic E-state index is 12.4. The minimum atomic E-state index is -2.57. The Morgan fingerprint density at radius 2 is 1.37 bits per heavy atom. The summed E-state index contributed by atoms with van der Waals surface area (Å²) in [5, 5.41) is 5.57. The first-order chi connectivity index (χ1) is 16.8. The summed E-state index contributed by atoms with van der Waals surface area (Å²) in [6, 6.07) is 31.5. The van der Waals surface area contributed by atoms with Gasteiger partial charge < -0.3 is 14.5 Å². The van der Waals surface area contributed by atoms with Crippen molar-refractivity contribution in [1.82, 2.24) is 5.32 Å². The van der Waals surface area contributed by atoms with E-state index in [4.69, 9.17) is 9.16 Å². The van der Waals surface area contributed by atoms with E-state index in [1.54, 1.807) is 0 Å². The first kappa shape index (κ1) is 25.4. The second-order valence-electron chi connectivity index (χ2n) is 10.4. The number of benzene rings is 3. The molecule has 184 valence electrons. The van der Waals surface area contributed by atoms with Gasteiger partial charge in [-0.25, -0.2) is 0 Å². The second kappa shape index (κ2) is 10.9. The second-order valence-corrected chi connectivity index (χ2v) is 14.7. The highest BCUT2D eigenvalue weighted by molar-refractivity contribution is 6.99. The molecule has 0 aromatic heterocycles. The predicted octanol–water partition coefficient (Wildman–Crippen LogP) is 4.67. The summed E-state index contributed by atoms with van der Waals surface area (Å²) < 4.78 is 13.1. The summed E-state index contributed by atoms with van der Waals surface area (Å²) in [6.07, 6.45) is 0.613. The van der Waals surface area contributed by atoms with E-state index in [1.165, 1.54) is 10.4 Å². The van der Waals surface area contributed by atoms with Crippen LogP contribution in [-0.4, -0.2) is 33.0 Å². The van der Waals surface area contributed by atoms with Crippen molar-refractivity contribution in [2.75, 3.05) is 6.61 Å². The number of amides is 1. The third kappa shape index (κ3) is 5.42. The molecule has 1 fully saturated rings. The lowest BCUT2D eigenvalue weighted by molar-refractivity contribution is -0.144. The Hall–Kier alpha value is -2.73. The number of carbonyl (C=O) groups excluding carboxylic acids is 1. The number of β-lactam (4-membered cyclic amide) rings is 1. The van der Waals surface area contributed by atoms with Gasteiger partial charge in [0.05, 0.1) is 18.6 Å². The standard InChI is InChI=1S/C30H37NO3Si/c1-23(33-22-24-14-8-5-9-15-24)28-27(31-29(28)32)20-21-34-35(30(2,3)4,25-16-10-6-11-17-25)26-18-12-7-13-19-26/h5-19,23,27-28H,20-22H2,1-4H3,(H,31,32)/t23-,27-,28+/m1/s1. The zero-order valence-corrected chi connectivity index (χ0v) is 22.2. The van der Waals surface area contributed by atoms with E-state index in [9.17, 15) is 4.79 Å². The smallest absolute Gasteiger partial charge is 0.261 e. The zero-order valence-electron chi connectivity index (χ0n) is 21.2. The third-order valence-corrected chi connectivity index (χ3v) is 12.1. The molecule has 4 rings (SSSR count). The fraction of sp³-hybridized carbons (Fsp3) is 0.367. The van der Waals surface area contributed by atoms with Gasteiger partial charge in [-0.1, -0.05) is 112 Å². The van der Waals surface area contributed by atoms with Crippen LogP contribution in [0.2, 0.25) is 5.04 Å². The topological polar surface area (TPSA) is 47.6 Å². The molecule has 3 atom stereocenters. The van der Waals surface area contributed by atoms with E-state index < -0.39 is 8.32 Å². The van der Waals surface area contributed by atoms with Gasteiger partial charge in [-0.2, -0.15) is 0 Å². The molecule has 0 unspecified atom stereocenters. The quantitative estimate of drug-likeness (QED) is 0.334. The average Bonchev–Trinajstić information content (AvgIpc) is 2.85. The monoisotopic (exact) mass is 487 g/mol. The summed E-state index contributed by atoms with van der Waals surface area (Å²) in [5.74, 6) is -0.0810. The summed E-state index contributed by atoms with van der Waals surface area (Å²) >= 11 is 0. The Kier molecular flexibility index (Phi) is 7.90. The van der Waals surface area contributed by atoms with E-state index in [-0.39, 0.29) is 29.0 Å². The van der Waals surface area contributed by atoms with Crippen LogP contribution in [0.4, 0.5) is 0 Å². The van der Waals surface area contributed by atoms with Gasteiger partial charge in [0.2, 0.25) is 5.91 Å². The Balaban J connectivity index is 1.47. The lowest BCUT2D eigenvalue weighted by atomic mass is 9.84. The molecule has 3 aromatic rings. The van der Waals surface area contributed by atoms with Gasteiger partial charge in [0.25, 0.3) is 8.32 Å². The van der Waals surface area contributed by atoms with E-state index >= 15 is 0 Å². The van der Waals surface area contributed by atoms with Crippen molar-refractivity contribution in [3.05, 3.63) is 96.6 Å². The molecule has 1 saturated heterocycles. The van der Waals surface area contributed by atoms with Crippen LogP contribution in [-0.2, 0) is 20.6 Å². The van der Waals surface area contributed by atoms with Gasteiger partial charge in [0.1, 0.15) is 0 Å². The zero-order chi connectivity index (χ0) is 24.9. The van der Waals surface area contributed by atoms with Crippen LogP contribution < -0.4 is 15.7 Å². The number of carbonyl (C=O) groups is 1. The van der Waals surface area contributed by atoms with Gasteiger partial charge >= 0.3 is 0 Å². The van der Waals surface area contributed by atoms with Gasteiger partial charge in [0.15, 0.2) is 0 Å². The fourth-order valence-corrected chi connectivity index (χ4v) is 9.83. The van der Waals surface area contributed by atoms with Crippen LogP contribution in [0, 0.1) is 5.92 Å².